The molecule has 3 atom stereocenters. The number of piperidine rings is 2. The number of alkyl halides is 6. The zero-order chi connectivity index (χ0) is 30.1. The van der Waals surface area contributed by atoms with E-state index in [2.05, 4.69) is 5.32 Å². The number of hydrogen-bond acceptors (Lipinski definition) is 3. The molecule has 3 unspecified atom stereocenters. The zero-order valence-corrected chi connectivity index (χ0v) is 23.9. The molecule has 2 aliphatic rings. The Bertz CT molecular complexity index is 1250. The number of likely N-dealkylation sites (tertiary alicyclic amines) is 1. The molecule has 0 radical (unpaired) electrons. The second-order valence-corrected chi connectivity index (χ2v) is 10.9. The third kappa shape index (κ3) is 7.75. The van der Waals surface area contributed by atoms with Crippen LogP contribution in [0.4, 0.5) is 30.7 Å². The van der Waals surface area contributed by atoms with Gasteiger partial charge >= 0.3 is 12.4 Å². The molecule has 5 nitrogen and oxygen atoms in total. The van der Waals surface area contributed by atoms with Crippen molar-refractivity contribution in [3.05, 3.63) is 70.0 Å². The molecule has 0 aromatic heterocycles. The van der Waals surface area contributed by atoms with Crippen molar-refractivity contribution in [3.63, 3.8) is 0 Å². The predicted octanol–water partition coefficient (Wildman–Crippen LogP) is 6.18. The second-order valence-electron chi connectivity index (χ2n) is 10.9. The lowest BCUT2D eigenvalue weighted by atomic mass is 9.78. The molecule has 1 N–H and O–H groups in total. The van der Waals surface area contributed by atoms with E-state index in [-0.39, 0.29) is 55.4 Å². The first kappa shape index (κ1) is 33.6. The van der Waals surface area contributed by atoms with Crippen LogP contribution < -0.4 is 5.32 Å². The molecule has 2 aromatic carbocycles. The Morgan fingerprint density at radius 3 is 2.19 bits per heavy atom. The van der Waals surface area contributed by atoms with E-state index < -0.39 is 53.6 Å². The van der Waals surface area contributed by atoms with Crippen molar-refractivity contribution >= 4 is 24.2 Å². The zero-order valence-electron chi connectivity index (χ0n) is 23.1. The fourth-order valence-electron chi connectivity index (χ4n) is 5.88. The molecule has 13 heteroatoms. The van der Waals surface area contributed by atoms with Crippen molar-refractivity contribution < 1.29 is 40.3 Å². The summed E-state index contributed by atoms with van der Waals surface area (Å²) in [5, 5.41) is 3.21. The van der Waals surface area contributed by atoms with E-state index in [1.807, 2.05) is 0 Å². The van der Waals surface area contributed by atoms with Gasteiger partial charge in [0.2, 0.25) is 11.8 Å². The number of carbonyl (C=O) groups is 2. The second kappa shape index (κ2) is 13.2. The number of hydrogen-bond donors (Lipinski definition) is 1. The molecule has 2 aliphatic heterocycles. The summed E-state index contributed by atoms with van der Waals surface area (Å²) in [5.41, 5.74) is -1.97. The van der Waals surface area contributed by atoms with E-state index in [0.29, 0.717) is 29.8 Å². The SMILES string of the molecule is Cc1cc(F)ccc1C1CN(C(=O)C2CCCNC2)CCC1C(=O)N(C)Cc1cc(C(F)(F)F)cc(C(F)(F)F)c1.Cl. The average molecular weight is 624 g/mol. The van der Waals surface area contributed by atoms with Crippen LogP contribution in [0.15, 0.2) is 36.4 Å². The number of amides is 2. The number of aryl methyl sites for hydroxylation is 1. The Hall–Kier alpha value is -2.86. The van der Waals surface area contributed by atoms with Crippen LogP contribution in [0, 0.1) is 24.6 Å². The normalized spacial score (nSPS) is 21.5. The molecule has 2 aromatic rings. The summed E-state index contributed by atoms with van der Waals surface area (Å²) in [5.74, 6) is -2.43. The van der Waals surface area contributed by atoms with Crippen LogP contribution >= 0.6 is 12.4 Å². The number of carbonyl (C=O) groups excluding carboxylic acids is 2. The van der Waals surface area contributed by atoms with Gasteiger partial charge in [-0.1, -0.05) is 6.07 Å². The van der Waals surface area contributed by atoms with Crippen molar-refractivity contribution in [3.8, 4) is 0 Å². The first-order valence-electron chi connectivity index (χ1n) is 13.4. The minimum absolute atomic E-state index is 0. The summed E-state index contributed by atoms with van der Waals surface area (Å²) in [7, 11) is 1.33. The van der Waals surface area contributed by atoms with E-state index >= 15 is 0 Å². The topological polar surface area (TPSA) is 52.7 Å². The lowest BCUT2D eigenvalue weighted by Gasteiger charge is -2.41. The molecule has 0 aliphatic carbocycles. The maximum atomic E-state index is 13.9. The van der Waals surface area contributed by atoms with Gasteiger partial charge < -0.3 is 15.1 Å². The van der Waals surface area contributed by atoms with Crippen molar-refractivity contribution in [2.24, 2.45) is 11.8 Å². The van der Waals surface area contributed by atoms with Gasteiger partial charge in [-0.2, -0.15) is 26.3 Å². The summed E-state index contributed by atoms with van der Waals surface area (Å²) in [6, 6.07) is 5.43. The molecule has 232 valence electrons. The molecular weight excluding hydrogens is 591 g/mol. The van der Waals surface area contributed by atoms with E-state index in [0.717, 1.165) is 24.3 Å². The maximum Gasteiger partial charge on any atom is 0.416 e. The van der Waals surface area contributed by atoms with Crippen molar-refractivity contribution in [1.82, 2.24) is 15.1 Å². The first-order chi connectivity index (χ1) is 19.1. The number of benzene rings is 2. The van der Waals surface area contributed by atoms with Gasteiger partial charge in [0.15, 0.2) is 0 Å². The molecule has 2 saturated heterocycles. The minimum atomic E-state index is -5.00. The Kier molecular flexibility index (Phi) is 10.6. The summed E-state index contributed by atoms with van der Waals surface area (Å²) < 4.78 is 94.0. The predicted molar refractivity (Wildman–Crippen MR) is 144 cm³/mol. The van der Waals surface area contributed by atoms with Gasteiger partial charge in [0, 0.05) is 45.1 Å². The monoisotopic (exact) mass is 623 g/mol. The molecule has 2 fully saturated rings. The van der Waals surface area contributed by atoms with Crippen LogP contribution in [0.25, 0.3) is 0 Å². The van der Waals surface area contributed by atoms with Crippen LogP contribution in [0.1, 0.15) is 53.0 Å². The van der Waals surface area contributed by atoms with Crippen LogP contribution in [-0.2, 0) is 28.5 Å². The van der Waals surface area contributed by atoms with Crippen molar-refractivity contribution in [2.75, 3.05) is 33.2 Å². The van der Waals surface area contributed by atoms with E-state index in [9.17, 15) is 40.3 Å². The van der Waals surface area contributed by atoms with E-state index in [4.69, 9.17) is 0 Å². The number of nitrogens with one attached hydrogen (secondary N) is 1. The highest BCUT2D eigenvalue weighted by Crippen LogP contribution is 2.38. The molecule has 42 heavy (non-hydrogen) atoms. The lowest BCUT2D eigenvalue weighted by Crippen LogP contribution is -2.51. The third-order valence-corrected chi connectivity index (χ3v) is 7.96. The Balaban J connectivity index is 0.00000484. The molecule has 4 rings (SSSR count). The molecule has 0 saturated carbocycles. The highest BCUT2D eigenvalue weighted by atomic mass is 35.5. The smallest absolute Gasteiger partial charge is 0.342 e. The number of halogens is 8. The number of nitrogens with zero attached hydrogens (tertiary/aromatic N) is 2. The highest BCUT2D eigenvalue weighted by Gasteiger charge is 2.41. The Morgan fingerprint density at radius 1 is 1.00 bits per heavy atom. The third-order valence-electron chi connectivity index (χ3n) is 7.96. The van der Waals surface area contributed by atoms with Gasteiger partial charge in [0.05, 0.1) is 17.0 Å². The average Bonchev–Trinajstić information content (AvgIpc) is 2.91. The summed E-state index contributed by atoms with van der Waals surface area (Å²) >= 11 is 0. The fraction of sp³-hybridized carbons (Fsp3) is 0.517. The lowest BCUT2D eigenvalue weighted by molar-refractivity contribution is -0.144. The number of rotatable bonds is 5. The van der Waals surface area contributed by atoms with E-state index in [1.54, 1.807) is 17.9 Å². The van der Waals surface area contributed by atoms with Gasteiger partial charge in [-0.15, -0.1) is 12.4 Å². The summed E-state index contributed by atoms with van der Waals surface area (Å²) in [6.07, 6.45) is -8.16. The van der Waals surface area contributed by atoms with Gasteiger partial charge in [-0.05, 0) is 79.8 Å². The quantitative estimate of drug-likeness (QED) is 0.405. The molecular formula is C29H33ClF7N3O2. The van der Waals surface area contributed by atoms with Gasteiger partial charge in [0.1, 0.15) is 5.82 Å². The van der Waals surface area contributed by atoms with Crippen LogP contribution in [0.2, 0.25) is 0 Å². The van der Waals surface area contributed by atoms with Crippen LogP contribution in [0.5, 0.6) is 0 Å². The Labute approximate surface area is 245 Å². The fourth-order valence-corrected chi connectivity index (χ4v) is 5.88. The molecule has 2 heterocycles. The maximum absolute atomic E-state index is 13.9. The van der Waals surface area contributed by atoms with Crippen molar-refractivity contribution in [1.29, 1.82) is 0 Å². The highest BCUT2D eigenvalue weighted by molar-refractivity contribution is 5.85. The van der Waals surface area contributed by atoms with Crippen LogP contribution in [0.3, 0.4) is 0 Å². The molecule has 0 spiro atoms. The van der Waals surface area contributed by atoms with E-state index in [1.165, 1.54) is 19.2 Å². The van der Waals surface area contributed by atoms with Crippen LogP contribution in [-0.4, -0.2) is 54.8 Å². The molecule has 2 amide bonds. The van der Waals surface area contributed by atoms with Gasteiger partial charge in [-0.3, -0.25) is 9.59 Å². The minimum Gasteiger partial charge on any atom is -0.342 e. The summed E-state index contributed by atoms with van der Waals surface area (Å²) in [6.45, 7) is 3.06. The Morgan fingerprint density at radius 2 is 1.64 bits per heavy atom. The largest absolute Gasteiger partial charge is 0.416 e. The molecule has 0 bridgehead atoms. The van der Waals surface area contributed by atoms with Gasteiger partial charge in [-0.25, -0.2) is 4.39 Å². The summed E-state index contributed by atoms with van der Waals surface area (Å²) in [4.78, 5) is 29.8. The standard InChI is InChI=1S/C29H32F7N3O2.ClH/c1-17-10-22(30)5-6-23(17)25-16-39(26(40)19-4-3-8-37-14-19)9-7-24(25)27(41)38(2)15-18-11-20(28(31,32)33)13-21(12-18)29(34,35)36;/h5-6,10-13,19,24-25,37H,3-4,7-9,14-16H2,1-2H3;1H. The van der Waals surface area contributed by atoms with Gasteiger partial charge in [0.25, 0.3) is 0 Å². The van der Waals surface area contributed by atoms with Crippen molar-refractivity contribution in [2.45, 2.75) is 51.0 Å². The first-order valence-corrected chi connectivity index (χ1v) is 13.4.